The number of hydrazine groups is 1. The number of hydrogen-bond acceptors (Lipinski definition) is 5. The number of carbonyl (C=O) groups is 2. The molecule has 3 aromatic rings. The van der Waals surface area contributed by atoms with Crippen molar-refractivity contribution in [2.75, 3.05) is 31.1 Å². The van der Waals surface area contributed by atoms with Crippen molar-refractivity contribution in [2.45, 2.75) is 33.2 Å². The number of benzene rings is 3. The molecule has 0 saturated carbocycles. The fraction of sp³-hybridized carbons (Fsp3) is 0.333. The third-order valence-electron chi connectivity index (χ3n) is 6.80. The van der Waals surface area contributed by atoms with Crippen molar-refractivity contribution >= 4 is 39.5 Å². The Morgan fingerprint density at radius 1 is 0.949 bits per heavy atom. The van der Waals surface area contributed by atoms with Crippen LogP contribution in [0.4, 0.5) is 5.69 Å². The van der Waals surface area contributed by atoms with Gasteiger partial charge in [-0.15, -0.1) is 4.41 Å². The standard InChI is InChI=1S/C30H33N3O5S/c1-21(2)30(36)28-6-4-5-25-20-24(11-14-27(25)28)8-7-23-9-12-26(13-10-23)31-15-17-32(18-16-31)33(39(37)38)22(3)19-29(34)35/h4-6,9-14,20-22H,15-19H2,1-3H3,(H,34,35)(H,37,38). The van der Waals surface area contributed by atoms with Crippen molar-refractivity contribution in [3.63, 3.8) is 0 Å². The van der Waals surface area contributed by atoms with Gasteiger partial charge in [0.25, 0.3) is 0 Å². The van der Waals surface area contributed by atoms with Gasteiger partial charge < -0.3 is 10.0 Å². The van der Waals surface area contributed by atoms with Crippen LogP contribution in [0.5, 0.6) is 0 Å². The van der Waals surface area contributed by atoms with Gasteiger partial charge >= 0.3 is 5.97 Å². The minimum Gasteiger partial charge on any atom is -0.481 e. The molecule has 39 heavy (non-hydrogen) atoms. The third kappa shape index (κ3) is 6.91. The Kier molecular flexibility index (Phi) is 9.15. The van der Waals surface area contributed by atoms with Crippen LogP contribution in [0.15, 0.2) is 60.7 Å². The van der Waals surface area contributed by atoms with Crippen LogP contribution in [0, 0.1) is 17.8 Å². The van der Waals surface area contributed by atoms with Crippen LogP contribution in [0.25, 0.3) is 10.8 Å². The summed E-state index contributed by atoms with van der Waals surface area (Å²) in [5.74, 6) is 5.50. The van der Waals surface area contributed by atoms with E-state index < -0.39 is 23.3 Å². The number of anilines is 1. The summed E-state index contributed by atoms with van der Waals surface area (Å²) >= 11 is -2.29. The van der Waals surface area contributed by atoms with E-state index in [-0.39, 0.29) is 18.1 Å². The lowest BCUT2D eigenvalue weighted by Crippen LogP contribution is -2.57. The summed E-state index contributed by atoms with van der Waals surface area (Å²) in [6.45, 7) is 7.73. The Hall–Kier alpha value is -3.55. The van der Waals surface area contributed by atoms with Gasteiger partial charge in [0, 0.05) is 60.5 Å². The molecule has 204 valence electrons. The number of fused-ring (bicyclic) bond motifs is 1. The van der Waals surface area contributed by atoms with Gasteiger partial charge in [0.1, 0.15) is 0 Å². The van der Waals surface area contributed by atoms with Crippen LogP contribution < -0.4 is 4.90 Å². The van der Waals surface area contributed by atoms with E-state index in [4.69, 9.17) is 5.11 Å². The van der Waals surface area contributed by atoms with E-state index in [1.807, 2.05) is 74.5 Å². The molecule has 9 heteroatoms. The highest BCUT2D eigenvalue weighted by atomic mass is 32.2. The van der Waals surface area contributed by atoms with Crippen molar-refractivity contribution in [3.8, 4) is 11.8 Å². The first-order valence-electron chi connectivity index (χ1n) is 12.9. The average Bonchev–Trinajstić information content (AvgIpc) is 2.91. The van der Waals surface area contributed by atoms with E-state index >= 15 is 0 Å². The topological polar surface area (TPSA) is 101 Å². The third-order valence-corrected chi connectivity index (χ3v) is 7.71. The predicted octanol–water partition coefficient (Wildman–Crippen LogP) is 4.42. The Morgan fingerprint density at radius 3 is 2.21 bits per heavy atom. The maximum atomic E-state index is 12.6. The second kappa shape index (κ2) is 12.5. The number of ketones is 1. The normalized spacial score (nSPS) is 15.7. The maximum Gasteiger partial charge on any atom is 0.305 e. The SMILES string of the molecule is CC(C)C(=O)c1cccc2cc(C#Cc3ccc(N4CCN(N(C(C)CC(=O)O)S(=O)O)CC4)cc3)ccc12. The van der Waals surface area contributed by atoms with E-state index in [0.29, 0.717) is 26.2 Å². The molecule has 1 aliphatic heterocycles. The second-order valence-corrected chi connectivity index (χ2v) is 10.8. The summed E-state index contributed by atoms with van der Waals surface area (Å²) < 4.78 is 22.8. The monoisotopic (exact) mass is 547 g/mol. The number of Topliss-reactive ketones (excluding diaryl/α,β-unsaturated/α-hetero) is 1. The molecule has 1 saturated heterocycles. The Labute approximate surface area is 231 Å². The van der Waals surface area contributed by atoms with Crippen molar-refractivity contribution in [2.24, 2.45) is 5.92 Å². The molecule has 3 aromatic carbocycles. The highest BCUT2D eigenvalue weighted by Crippen LogP contribution is 2.23. The van der Waals surface area contributed by atoms with E-state index in [1.165, 1.54) is 4.41 Å². The lowest BCUT2D eigenvalue weighted by atomic mass is 9.95. The number of hydrogen-bond donors (Lipinski definition) is 2. The van der Waals surface area contributed by atoms with E-state index in [0.717, 1.165) is 33.2 Å². The van der Waals surface area contributed by atoms with Gasteiger partial charge in [0.15, 0.2) is 5.78 Å². The summed E-state index contributed by atoms with van der Waals surface area (Å²) in [6, 6.07) is 19.1. The molecule has 8 nitrogen and oxygen atoms in total. The second-order valence-electron chi connectivity index (χ2n) is 9.98. The van der Waals surface area contributed by atoms with E-state index in [9.17, 15) is 18.4 Å². The van der Waals surface area contributed by atoms with Crippen LogP contribution >= 0.6 is 0 Å². The fourth-order valence-corrected chi connectivity index (χ4v) is 5.54. The Bertz CT molecular complexity index is 1440. The van der Waals surface area contributed by atoms with Gasteiger partial charge in [-0.2, -0.15) is 0 Å². The molecule has 0 aromatic heterocycles. The molecule has 2 unspecified atom stereocenters. The maximum absolute atomic E-state index is 12.6. The smallest absolute Gasteiger partial charge is 0.305 e. The molecule has 0 aliphatic carbocycles. The molecule has 0 spiro atoms. The number of carbonyl (C=O) groups excluding carboxylic acids is 1. The minimum atomic E-state index is -2.29. The molecule has 1 fully saturated rings. The van der Waals surface area contributed by atoms with Crippen LogP contribution in [0.2, 0.25) is 0 Å². The largest absolute Gasteiger partial charge is 0.481 e. The first kappa shape index (κ1) is 28.5. The van der Waals surface area contributed by atoms with Gasteiger partial charge in [0.05, 0.1) is 6.42 Å². The van der Waals surface area contributed by atoms with Crippen LogP contribution in [0.1, 0.15) is 48.7 Å². The Morgan fingerprint density at radius 2 is 1.59 bits per heavy atom. The van der Waals surface area contributed by atoms with Crippen molar-refractivity contribution in [1.82, 2.24) is 9.42 Å². The molecule has 1 heterocycles. The first-order chi connectivity index (χ1) is 18.6. The molecule has 2 atom stereocenters. The van der Waals surface area contributed by atoms with E-state index in [1.54, 1.807) is 11.9 Å². The number of aliphatic carboxylic acids is 1. The summed E-state index contributed by atoms with van der Waals surface area (Å²) in [5.41, 5.74) is 3.53. The zero-order valence-electron chi connectivity index (χ0n) is 22.3. The minimum absolute atomic E-state index is 0.0600. The zero-order valence-corrected chi connectivity index (χ0v) is 23.1. The molecule has 4 rings (SSSR count). The Balaban J connectivity index is 1.41. The fourth-order valence-electron chi connectivity index (χ4n) is 4.80. The first-order valence-corrected chi connectivity index (χ1v) is 14.0. The molecular formula is C30H33N3O5S. The molecule has 2 N–H and O–H groups in total. The molecular weight excluding hydrogens is 514 g/mol. The lowest BCUT2D eigenvalue weighted by molar-refractivity contribution is -0.139. The average molecular weight is 548 g/mol. The number of piperazine rings is 1. The molecule has 0 radical (unpaired) electrons. The van der Waals surface area contributed by atoms with Crippen molar-refractivity contribution in [3.05, 3.63) is 77.4 Å². The number of rotatable bonds is 8. The van der Waals surface area contributed by atoms with E-state index in [2.05, 4.69) is 16.7 Å². The van der Waals surface area contributed by atoms with Crippen LogP contribution in [-0.2, 0) is 16.1 Å². The van der Waals surface area contributed by atoms with Gasteiger partial charge in [-0.3, -0.25) is 14.1 Å². The van der Waals surface area contributed by atoms with Gasteiger partial charge in [0.2, 0.25) is 11.3 Å². The molecule has 1 aliphatic rings. The van der Waals surface area contributed by atoms with Crippen molar-refractivity contribution < 1.29 is 23.5 Å². The summed E-state index contributed by atoms with van der Waals surface area (Å²) in [6.07, 6.45) is -0.215. The predicted molar refractivity (Wildman–Crippen MR) is 154 cm³/mol. The summed E-state index contributed by atoms with van der Waals surface area (Å²) in [4.78, 5) is 25.8. The highest BCUT2D eigenvalue weighted by molar-refractivity contribution is 7.76. The summed E-state index contributed by atoms with van der Waals surface area (Å²) in [7, 11) is 0. The lowest BCUT2D eigenvalue weighted by Gasteiger charge is -2.41. The van der Waals surface area contributed by atoms with Crippen LogP contribution in [-0.4, -0.2) is 67.3 Å². The quantitative estimate of drug-likeness (QED) is 0.245. The summed E-state index contributed by atoms with van der Waals surface area (Å²) in [5, 5.41) is 12.7. The van der Waals surface area contributed by atoms with Gasteiger partial charge in [-0.05, 0) is 54.1 Å². The molecule has 0 bridgehead atoms. The molecule has 0 amide bonds. The van der Waals surface area contributed by atoms with Gasteiger partial charge in [-0.25, -0.2) is 9.22 Å². The number of nitrogens with zero attached hydrogens (tertiary/aromatic N) is 3. The number of carboxylic acids is 1. The number of carboxylic acid groups (broad SMARTS) is 1. The van der Waals surface area contributed by atoms with Gasteiger partial charge in [-0.1, -0.05) is 50.0 Å². The van der Waals surface area contributed by atoms with Crippen molar-refractivity contribution in [1.29, 1.82) is 0 Å². The highest BCUT2D eigenvalue weighted by Gasteiger charge is 2.30. The van der Waals surface area contributed by atoms with Crippen LogP contribution in [0.3, 0.4) is 0 Å². The zero-order chi connectivity index (χ0) is 28.1.